The Kier molecular flexibility index (Phi) is 8.64. The molecule has 1 aliphatic heterocycles. The first-order valence-electron chi connectivity index (χ1n) is 12.0. The van der Waals surface area contributed by atoms with Crippen molar-refractivity contribution in [2.45, 2.75) is 44.9 Å². The summed E-state index contributed by atoms with van der Waals surface area (Å²) in [6.07, 6.45) is 12.9. The van der Waals surface area contributed by atoms with Crippen LogP contribution in [0.1, 0.15) is 48.3 Å². The van der Waals surface area contributed by atoms with Crippen LogP contribution in [-0.2, 0) is 19.3 Å². The smallest absolute Gasteiger partial charge is 0.161 e. The summed E-state index contributed by atoms with van der Waals surface area (Å²) in [5, 5.41) is 0. The van der Waals surface area contributed by atoms with E-state index in [0.717, 1.165) is 60.8 Å². The van der Waals surface area contributed by atoms with Crippen LogP contribution in [0, 0.1) is 0 Å². The van der Waals surface area contributed by atoms with Gasteiger partial charge in [0.1, 0.15) is 5.82 Å². The number of rotatable bonds is 12. The van der Waals surface area contributed by atoms with E-state index in [1.54, 1.807) is 7.11 Å². The Labute approximate surface area is 197 Å². The van der Waals surface area contributed by atoms with E-state index in [1.807, 2.05) is 30.7 Å². The number of aryl methyl sites for hydroxylation is 2. The van der Waals surface area contributed by atoms with Gasteiger partial charge in [-0.05, 0) is 93.1 Å². The summed E-state index contributed by atoms with van der Waals surface area (Å²) >= 11 is 0. The van der Waals surface area contributed by atoms with Gasteiger partial charge in [-0.2, -0.15) is 0 Å². The van der Waals surface area contributed by atoms with Gasteiger partial charge in [0.25, 0.3) is 0 Å². The molecule has 1 aliphatic rings. The molecule has 4 rings (SSSR count). The first kappa shape index (κ1) is 23.2. The van der Waals surface area contributed by atoms with Crippen LogP contribution in [0.2, 0.25) is 0 Å². The van der Waals surface area contributed by atoms with Crippen LogP contribution in [0.25, 0.3) is 0 Å². The van der Waals surface area contributed by atoms with E-state index >= 15 is 0 Å². The van der Waals surface area contributed by atoms with Gasteiger partial charge in [0, 0.05) is 37.3 Å². The average Bonchev–Trinajstić information content (AvgIpc) is 3.37. The Hall–Kier alpha value is -2.99. The average molecular weight is 447 g/mol. The number of hydrogen-bond donors (Lipinski definition) is 0. The van der Waals surface area contributed by atoms with Crippen LogP contribution in [0.3, 0.4) is 0 Å². The van der Waals surface area contributed by atoms with E-state index in [1.165, 1.54) is 31.5 Å². The molecule has 3 heterocycles. The molecular weight excluding hydrogens is 412 g/mol. The van der Waals surface area contributed by atoms with E-state index in [4.69, 9.17) is 14.5 Å². The Morgan fingerprint density at radius 2 is 1.73 bits per heavy atom. The van der Waals surface area contributed by atoms with Gasteiger partial charge in [-0.1, -0.05) is 6.07 Å². The third kappa shape index (κ3) is 7.26. The fourth-order valence-corrected chi connectivity index (χ4v) is 4.29. The number of aromatic nitrogens is 3. The molecule has 1 fully saturated rings. The first-order valence-corrected chi connectivity index (χ1v) is 12.0. The van der Waals surface area contributed by atoms with Crippen molar-refractivity contribution >= 4 is 0 Å². The minimum absolute atomic E-state index is 0.673. The Balaban J connectivity index is 1.31. The number of pyridine rings is 1. The molecule has 0 N–H and O–H groups in total. The zero-order chi connectivity index (χ0) is 22.7. The van der Waals surface area contributed by atoms with Crippen molar-refractivity contribution in [3.05, 3.63) is 77.6 Å². The van der Waals surface area contributed by atoms with E-state index in [2.05, 4.69) is 39.1 Å². The number of hydrogen-bond acceptors (Lipinski definition) is 6. The zero-order valence-corrected chi connectivity index (χ0v) is 19.6. The summed E-state index contributed by atoms with van der Waals surface area (Å²) in [5.41, 5.74) is 3.52. The molecule has 0 unspecified atom stereocenters. The van der Waals surface area contributed by atoms with Gasteiger partial charge in [0.2, 0.25) is 0 Å². The summed E-state index contributed by atoms with van der Waals surface area (Å²) in [6.45, 7) is 4.24. The maximum absolute atomic E-state index is 6.09. The van der Waals surface area contributed by atoms with Crippen molar-refractivity contribution in [3.63, 3.8) is 0 Å². The number of nitrogens with zero attached hydrogens (tertiary/aromatic N) is 4. The fourth-order valence-electron chi connectivity index (χ4n) is 4.29. The second-order valence-corrected chi connectivity index (χ2v) is 8.59. The molecular formula is C27H34N4O2. The standard InChI is InChI=1S/C27H34N4O2/c1-32-25-9-8-23(20-26(25)33-19-5-18-31-16-2-3-17-31)21-27-29-15-12-24(30-27)7-4-6-22-10-13-28-14-11-22/h8-15,20H,2-7,16-19,21H2,1H3. The molecule has 0 bridgehead atoms. The third-order valence-corrected chi connectivity index (χ3v) is 6.08. The van der Waals surface area contributed by atoms with Crippen molar-refractivity contribution in [2.75, 3.05) is 33.4 Å². The molecule has 0 radical (unpaired) electrons. The minimum Gasteiger partial charge on any atom is -0.493 e. The topological polar surface area (TPSA) is 60.4 Å². The first-order chi connectivity index (χ1) is 16.3. The summed E-state index contributed by atoms with van der Waals surface area (Å²) in [7, 11) is 1.69. The van der Waals surface area contributed by atoms with Crippen LogP contribution < -0.4 is 9.47 Å². The van der Waals surface area contributed by atoms with Gasteiger partial charge in [-0.15, -0.1) is 0 Å². The van der Waals surface area contributed by atoms with E-state index in [-0.39, 0.29) is 0 Å². The highest BCUT2D eigenvalue weighted by molar-refractivity contribution is 5.43. The number of methoxy groups -OCH3 is 1. The summed E-state index contributed by atoms with van der Waals surface area (Å²) in [4.78, 5) is 15.9. The van der Waals surface area contributed by atoms with Gasteiger partial charge < -0.3 is 14.4 Å². The van der Waals surface area contributed by atoms with Crippen molar-refractivity contribution in [3.8, 4) is 11.5 Å². The van der Waals surface area contributed by atoms with Gasteiger partial charge in [0.15, 0.2) is 11.5 Å². The molecule has 0 saturated carbocycles. The monoisotopic (exact) mass is 446 g/mol. The Morgan fingerprint density at radius 1 is 0.879 bits per heavy atom. The SMILES string of the molecule is COc1ccc(Cc2nccc(CCCc3ccncc3)n2)cc1OCCCN1CCCC1. The Morgan fingerprint density at radius 3 is 2.55 bits per heavy atom. The quantitative estimate of drug-likeness (QED) is 0.382. The van der Waals surface area contributed by atoms with Crippen molar-refractivity contribution < 1.29 is 9.47 Å². The van der Waals surface area contributed by atoms with Crippen molar-refractivity contribution in [1.29, 1.82) is 0 Å². The van der Waals surface area contributed by atoms with Gasteiger partial charge in [-0.25, -0.2) is 9.97 Å². The predicted octanol–water partition coefficient (Wildman–Crippen LogP) is 4.51. The molecule has 0 atom stereocenters. The minimum atomic E-state index is 0.673. The van der Waals surface area contributed by atoms with Crippen LogP contribution in [0.4, 0.5) is 0 Å². The molecule has 1 aromatic carbocycles. The van der Waals surface area contributed by atoms with Crippen LogP contribution in [-0.4, -0.2) is 53.2 Å². The number of ether oxygens (including phenoxy) is 2. The van der Waals surface area contributed by atoms with Gasteiger partial charge >= 0.3 is 0 Å². The normalized spacial score (nSPS) is 13.8. The van der Waals surface area contributed by atoms with E-state index in [0.29, 0.717) is 13.0 Å². The zero-order valence-electron chi connectivity index (χ0n) is 19.6. The maximum Gasteiger partial charge on any atom is 0.161 e. The van der Waals surface area contributed by atoms with Crippen molar-refractivity contribution in [1.82, 2.24) is 19.9 Å². The number of benzene rings is 1. The molecule has 6 heteroatoms. The molecule has 174 valence electrons. The maximum atomic E-state index is 6.09. The lowest BCUT2D eigenvalue weighted by molar-refractivity contribution is 0.254. The molecule has 0 spiro atoms. The molecule has 6 nitrogen and oxygen atoms in total. The molecule has 3 aromatic rings. The van der Waals surface area contributed by atoms with E-state index < -0.39 is 0 Å². The van der Waals surface area contributed by atoms with Crippen LogP contribution in [0.15, 0.2) is 55.0 Å². The van der Waals surface area contributed by atoms with Crippen molar-refractivity contribution in [2.24, 2.45) is 0 Å². The fraction of sp³-hybridized carbons (Fsp3) is 0.444. The predicted molar refractivity (Wildman–Crippen MR) is 130 cm³/mol. The molecule has 33 heavy (non-hydrogen) atoms. The lowest BCUT2D eigenvalue weighted by atomic mass is 10.1. The van der Waals surface area contributed by atoms with E-state index in [9.17, 15) is 0 Å². The second-order valence-electron chi connectivity index (χ2n) is 8.59. The second kappa shape index (κ2) is 12.3. The van der Waals surface area contributed by atoms with Gasteiger partial charge in [0.05, 0.1) is 13.7 Å². The Bertz CT molecular complexity index is 990. The highest BCUT2D eigenvalue weighted by atomic mass is 16.5. The molecule has 2 aromatic heterocycles. The lowest BCUT2D eigenvalue weighted by Crippen LogP contribution is -2.21. The highest BCUT2D eigenvalue weighted by Crippen LogP contribution is 2.29. The van der Waals surface area contributed by atoms with Crippen LogP contribution in [0.5, 0.6) is 11.5 Å². The summed E-state index contributed by atoms with van der Waals surface area (Å²) < 4.78 is 11.6. The van der Waals surface area contributed by atoms with Gasteiger partial charge in [-0.3, -0.25) is 4.98 Å². The molecule has 0 amide bonds. The largest absolute Gasteiger partial charge is 0.493 e. The summed E-state index contributed by atoms with van der Waals surface area (Å²) in [6, 6.07) is 12.3. The lowest BCUT2D eigenvalue weighted by Gasteiger charge is -2.16. The third-order valence-electron chi connectivity index (χ3n) is 6.08. The molecule has 0 aliphatic carbocycles. The molecule has 1 saturated heterocycles. The highest BCUT2D eigenvalue weighted by Gasteiger charge is 2.12. The summed E-state index contributed by atoms with van der Waals surface area (Å²) in [5.74, 6) is 2.40. The number of likely N-dealkylation sites (tertiary alicyclic amines) is 1. The van der Waals surface area contributed by atoms with Crippen LogP contribution >= 0.6 is 0 Å².